The van der Waals surface area contributed by atoms with E-state index in [0.717, 1.165) is 6.07 Å². The number of ether oxygens (including phenoxy) is 1. The fourth-order valence-electron chi connectivity index (χ4n) is 1.58. The van der Waals surface area contributed by atoms with E-state index in [2.05, 4.69) is 0 Å². The Bertz CT molecular complexity index is 422. The smallest absolute Gasteiger partial charge is 0.272 e. The van der Waals surface area contributed by atoms with Crippen molar-refractivity contribution in [2.75, 3.05) is 6.61 Å². The molecule has 2 N–H and O–H groups in total. The second kappa shape index (κ2) is 3.47. The summed E-state index contributed by atoms with van der Waals surface area (Å²) in [4.78, 5) is 9.85. The molecule has 0 unspecified atom stereocenters. The molecule has 2 rings (SSSR count). The number of nitrogens with zero attached hydrogens (tertiary/aromatic N) is 1. The lowest BCUT2D eigenvalue weighted by molar-refractivity contribution is -0.385. The van der Waals surface area contributed by atoms with Crippen molar-refractivity contribution in [1.29, 1.82) is 0 Å². The fourth-order valence-corrected chi connectivity index (χ4v) is 1.58. The zero-order valence-electron chi connectivity index (χ0n) is 7.77. The monoisotopic (exact) mass is 212 g/mol. The number of fused-ring (bicyclic) bond motifs is 1. The molecule has 80 valence electrons. The highest BCUT2D eigenvalue weighted by atomic mass is 19.1. The summed E-state index contributed by atoms with van der Waals surface area (Å²) in [5, 5.41) is 10.5. The third-order valence-corrected chi connectivity index (χ3v) is 2.34. The van der Waals surface area contributed by atoms with Crippen molar-refractivity contribution >= 4 is 5.69 Å². The molecule has 0 spiro atoms. The molecule has 0 aromatic heterocycles. The van der Waals surface area contributed by atoms with Gasteiger partial charge in [0.2, 0.25) is 0 Å². The first kappa shape index (κ1) is 9.85. The van der Waals surface area contributed by atoms with E-state index in [9.17, 15) is 14.5 Å². The van der Waals surface area contributed by atoms with Crippen LogP contribution in [0.3, 0.4) is 0 Å². The third kappa shape index (κ3) is 1.63. The molecule has 1 aliphatic rings. The Hall–Kier alpha value is -1.69. The Morgan fingerprint density at radius 1 is 1.60 bits per heavy atom. The summed E-state index contributed by atoms with van der Waals surface area (Å²) in [6.07, 6.45) is 0.535. The van der Waals surface area contributed by atoms with Gasteiger partial charge in [-0.2, -0.15) is 0 Å². The van der Waals surface area contributed by atoms with Crippen molar-refractivity contribution in [2.24, 2.45) is 5.73 Å². The minimum absolute atomic E-state index is 0.0411. The number of halogens is 1. The van der Waals surface area contributed by atoms with Gasteiger partial charge in [0.1, 0.15) is 0 Å². The number of hydrogen-bond donors (Lipinski definition) is 1. The van der Waals surface area contributed by atoms with Crippen molar-refractivity contribution in [1.82, 2.24) is 0 Å². The Balaban J connectivity index is 2.56. The number of nitrogens with two attached hydrogens (primary N) is 1. The molecule has 0 amide bonds. The first-order valence-corrected chi connectivity index (χ1v) is 4.46. The average molecular weight is 212 g/mol. The molecule has 1 heterocycles. The van der Waals surface area contributed by atoms with E-state index >= 15 is 0 Å². The van der Waals surface area contributed by atoms with Crippen LogP contribution in [0, 0.1) is 15.9 Å². The van der Waals surface area contributed by atoms with E-state index in [1.54, 1.807) is 0 Å². The van der Waals surface area contributed by atoms with Gasteiger partial charge in [0.25, 0.3) is 5.69 Å². The summed E-state index contributed by atoms with van der Waals surface area (Å²) in [7, 11) is 0. The number of non-ortho nitro benzene ring substituents is 1. The molecular formula is C9H9FN2O3. The van der Waals surface area contributed by atoms with Crippen molar-refractivity contribution < 1.29 is 14.1 Å². The van der Waals surface area contributed by atoms with Crippen LogP contribution < -0.4 is 10.5 Å². The highest BCUT2D eigenvalue weighted by Gasteiger charge is 2.25. The van der Waals surface area contributed by atoms with E-state index < -0.39 is 16.8 Å². The van der Waals surface area contributed by atoms with Crippen molar-refractivity contribution in [3.05, 3.63) is 33.6 Å². The second-order valence-corrected chi connectivity index (χ2v) is 3.35. The molecule has 1 atom stereocenters. The molecule has 0 fully saturated rings. The highest BCUT2D eigenvalue weighted by molar-refractivity contribution is 5.47. The second-order valence-electron chi connectivity index (χ2n) is 3.35. The summed E-state index contributed by atoms with van der Waals surface area (Å²) in [5.74, 6) is -0.686. The molecule has 0 radical (unpaired) electrons. The van der Waals surface area contributed by atoms with Gasteiger partial charge < -0.3 is 10.5 Å². The van der Waals surface area contributed by atoms with E-state index in [1.165, 1.54) is 6.07 Å². The van der Waals surface area contributed by atoms with Crippen molar-refractivity contribution in [3.8, 4) is 5.75 Å². The van der Waals surface area contributed by atoms with Gasteiger partial charge >= 0.3 is 0 Å². The number of hydrogen-bond acceptors (Lipinski definition) is 4. The minimum Gasteiger partial charge on any atom is -0.490 e. The minimum atomic E-state index is -0.727. The normalized spacial score (nSPS) is 19.2. The van der Waals surface area contributed by atoms with Gasteiger partial charge in [0, 0.05) is 24.1 Å². The maximum Gasteiger partial charge on any atom is 0.272 e. The van der Waals surface area contributed by atoms with E-state index in [1.807, 2.05) is 0 Å². The number of benzene rings is 1. The van der Waals surface area contributed by atoms with E-state index in [-0.39, 0.29) is 11.4 Å². The van der Waals surface area contributed by atoms with E-state index in [0.29, 0.717) is 18.6 Å². The van der Waals surface area contributed by atoms with Gasteiger partial charge in [0.15, 0.2) is 11.6 Å². The number of rotatable bonds is 1. The molecule has 1 aromatic carbocycles. The van der Waals surface area contributed by atoms with Crippen molar-refractivity contribution in [3.63, 3.8) is 0 Å². The Kier molecular flexibility index (Phi) is 2.28. The molecule has 1 aliphatic heterocycles. The maximum absolute atomic E-state index is 13.4. The van der Waals surface area contributed by atoms with Crippen LogP contribution in [0.1, 0.15) is 18.0 Å². The number of nitro benzene ring substituents is 1. The van der Waals surface area contributed by atoms with Gasteiger partial charge in [-0.25, -0.2) is 4.39 Å². The van der Waals surface area contributed by atoms with Crippen LogP contribution in [0.15, 0.2) is 12.1 Å². The molecule has 1 aromatic rings. The van der Waals surface area contributed by atoms with Gasteiger partial charge in [-0.3, -0.25) is 10.1 Å². The van der Waals surface area contributed by atoms with Crippen LogP contribution >= 0.6 is 0 Å². The zero-order valence-corrected chi connectivity index (χ0v) is 7.77. The summed E-state index contributed by atoms with van der Waals surface area (Å²) in [6.45, 7) is 0.336. The lowest BCUT2D eigenvalue weighted by atomic mass is 10.0. The Morgan fingerprint density at radius 2 is 2.33 bits per heavy atom. The highest BCUT2D eigenvalue weighted by Crippen LogP contribution is 2.35. The lowest BCUT2D eigenvalue weighted by Crippen LogP contribution is -2.21. The predicted molar refractivity (Wildman–Crippen MR) is 50.1 cm³/mol. The Morgan fingerprint density at radius 3 is 3.00 bits per heavy atom. The van der Waals surface area contributed by atoms with Crippen LogP contribution in [0.25, 0.3) is 0 Å². The Labute approximate surface area is 84.8 Å². The van der Waals surface area contributed by atoms with Gasteiger partial charge in [-0.15, -0.1) is 0 Å². The quantitative estimate of drug-likeness (QED) is 0.565. The first-order chi connectivity index (χ1) is 7.09. The van der Waals surface area contributed by atoms with Gasteiger partial charge in [-0.05, 0) is 0 Å². The van der Waals surface area contributed by atoms with E-state index in [4.69, 9.17) is 10.5 Å². The predicted octanol–water partition coefficient (Wildman–Crippen LogP) is 1.52. The first-order valence-electron chi connectivity index (χ1n) is 4.46. The van der Waals surface area contributed by atoms with Crippen LogP contribution in [0.2, 0.25) is 0 Å². The van der Waals surface area contributed by atoms with Crippen LogP contribution in [-0.4, -0.2) is 11.5 Å². The summed E-state index contributed by atoms with van der Waals surface area (Å²) in [6, 6.07) is 1.71. The largest absolute Gasteiger partial charge is 0.490 e. The van der Waals surface area contributed by atoms with Crippen LogP contribution in [-0.2, 0) is 0 Å². The topological polar surface area (TPSA) is 78.4 Å². The molecule has 15 heavy (non-hydrogen) atoms. The zero-order chi connectivity index (χ0) is 11.0. The molecule has 6 heteroatoms. The van der Waals surface area contributed by atoms with Crippen LogP contribution in [0.5, 0.6) is 5.75 Å². The van der Waals surface area contributed by atoms with Gasteiger partial charge in [-0.1, -0.05) is 0 Å². The molecule has 0 aliphatic carbocycles. The fraction of sp³-hybridized carbons (Fsp3) is 0.333. The summed E-state index contributed by atoms with van der Waals surface area (Å²) in [5.41, 5.74) is 5.78. The van der Waals surface area contributed by atoms with Crippen molar-refractivity contribution in [2.45, 2.75) is 12.5 Å². The van der Waals surface area contributed by atoms with Gasteiger partial charge in [0.05, 0.1) is 17.6 Å². The SMILES string of the molecule is N[C@@H]1CCOc2c(F)cc([N+](=O)[O-])cc21. The summed E-state index contributed by atoms with van der Waals surface area (Å²) < 4.78 is 18.5. The van der Waals surface area contributed by atoms with Crippen LogP contribution in [0.4, 0.5) is 10.1 Å². The third-order valence-electron chi connectivity index (χ3n) is 2.34. The maximum atomic E-state index is 13.4. The molecule has 0 saturated heterocycles. The lowest BCUT2D eigenvalue weighted by Gasteiger charge is -2.22. The number of nitro groups is 1. The average Bonchev–Trinajstić information content (AvgIpc) is 2.19. The molecular weight excluding hydrogens is 203 g/mol. The summed E-state index contributed by atoms with van der Waals surface area (Å²) >= 11 is 0. The standard InChI is InChI=1S/C9H9FN2O3/c10-7-4-5(12(13)14)3-6-8(11)1-2-15-9(6)7/h3-4,8H,1-2,11H2/t8-/m1/s1. The molecule has 0 saturated carbocycles. The molecule has 5 nitrogen and oxygen atoms in total. The molecule has 0 bridgehead atoms.